The molecule has 0 aliphatic rings. The fourth-order valence-electron chi connectivity index (χ4n) is 6.79. The van der Waals surface area contributed by atoms with Crippen molar-refractivity contribution < 1.29 is 0 Å². The van der Waals surface area contributed by atoms with Crippen LogP contribution in [0.2, 0.25) is 0 Å². The Morgan fingerprint density at radius 1 is 0.295 bits per heavy atom. The van der Waals surface area contributed by atoms with E-state index < -0.39 is 0 Å². The van der Waals surface area contributed by atoms with E-state index in [1.54, 1.807) is 0 Å². The van der Waals surface area contributed by atoms with Crippen molar-refractivity contribution in [1.29, 1.82) is 0 Å². The van der Waals surface area contributed by atoms with Crippen LogP contribution in [0.1, 0.15) is 0 Å². The Morgan fingerprint density at radius 2 is 0.795 bits per heavy atom. The highest BCUT2D eigenvalue weighted by molar-refractivity contribution is 7.25. The number of thiophene rings is 1. The second-order valence-electron chi connectivity index (χ2n) is 11.4. The molecule has 0 fully saturated rings. The van der Waals surface area contributed by atoms with E-state index in [2.05, 4.69) is 169 Å². The van der Waals surface area contributed by atoms with Crippen LogP contribution in [-0.4, -0.2) is 0 Å². The van der Waals surface area contributed by atoms with Crippen LogP contribution in [0.25, 0.3) is 63.6 Å². The summed E-state index contributed by atoms with van der Waals surface area (Å²) in [6.45, 7) is 0. The lowest BCUT2D eigenvalue weighted by Gasteiger charge is -2.27. The molecule has 44 heavy (non-hydrogen) atoms. The van der Waals surface area contributed by atoms with Crippen LogP contribution in [-0.2, 0) is 0 Å². The lowest BCUT2D eigenvalue weighted by atomic mass is 9.94. The first-order chi connectivity index (χ1) is 21.8. The Hall–Kier alpha value is -5.44. The number of hydrogen-bond acceptors (Lipinski definition) is 2. The van der Waals surface area contributed by atoms with E-state index >= 15 is 0 Å². The molecule has 0 amide bonds. The van der Waals surface area contributed by atoms with Crippen LogP contribution in [0.5, 0.6) is 0 Å². The average Bonchev–Trinajstić information content (AvgIpc) is 3.47. The Morgan fingerprint density at radius 3 is 1.52 bits per heavy atom. The Labute approximate surface area is 259 Å². The highest BCUT2D eigenvalue weighted by Gasteiger charge is 2.17. The van der Waals surface area contributed by atoms with Crippen molar-refractivity contribution in [1.82, 2.24) is 0 Å². The summed E-state index contributed by atoms with van der Waals surface area (Å²) in [5.41, 5.74) is 5.84. The van der Waals surface area contributed by atoms with Crippen LogP contribution in [0.3, 0.4) is 0 Å². The minimum absolute atomic E-state index is 1.13. The summed E-state index contributed by atoms with van der Waals surface area (Å²) in [4.78, 5) is 2.42. The molecule has 2 heteroatoms. The molecule has 9 aromatic rings. The van der Waals surface area contributed by atoms with Crippen molar-refractivity contribution >= 4 is 80.9 Å². The molecule has 9 rings (SSSR count). The largest absolute Gasteiger partial charge is 0.310 e. The minimum atomic E-state index is 1.13. The van der Waals surface area contributed by atoms with Gasteiger partial charge in [-0.3, -0.25) is 0 Å². The maximum absolute atomic E-state index is 2.42. The third kappa shape index (κ3) is 4.00. The Balaban J connectivity index is 1.32. The molecule has 0 saturated heterocycles. The van der Waals surface area contributed by atoms with Gasteiger partial charge in [-0.2, -0.15) is 0 Å². The summed E-state index contributed by atoms with van der Waals surface area (Å²) in [5, 5.41) is 10.3. The predicted octanol–water partition coefficient (Wildman–Crippen LogP) is 12.7. The van der Waals surface area contributed by atoms with Crippen LogP contribution < -0.4 is 4.90 Å². The molecule has 8 aromatic carbocycles. The zero-order chi connectivity index (χ0) is 29.0. The molecule has 0 unspecified atom stereocenters. The van der Waals surface area contributed by atoms with Gasteiger partial charge in [0.1, 0.15) is 0 Å². The number of nitrogens with zero attached hydrogens (tertiary/aromatic N) is 1. The predicted molar refractivity (Wildman–Crippen MR) is 192 cm³/mol. The van der Waals surface area contributed by atoms with Gasteiger partial charge in [-0.1, -0.05) is 115 Å². The molecule has 0 spiro atoms. The standard InChI is InChI=1S/C42H27NS/c1-2-11-28(12-3-1)29-13-10-14-30(25-29)43(32-22-24-42-40(27-32)38-19-8-9-20-41(38)44-42)31-21-23-37-35-17-5-4-15-33(35)34-16-6-7-18-36(34)39(37)26-31/h1-27H. The number of fused-ring (bicyclic) bond motifs is 9. The summed E-state index contributed by atoms with van der Waals surface area (Å²) in [6, 6.07) is 59.8. The molecule has 0 radical (unpaired) electrons. The average molecular weight is 578 g/mol. The fourth-order valence-corrected chi connectivity index (χ4v) is 7.88. The fraction of sp³-hybridized carbons (Fsp3) is 0. The monoisotopic (exact) mass is 577 g/mol. The first-order valence-corrected chi connectivity index (χ1v) is 15.8. The van der Waals surface area contributed by atoms with E-state index in [4.69, 9.17) is 0 Å². The third-order valence-corrected chi connectivity index (χ3v) is 9.97. The van der Waals surface area contributed by atoms with Crippen LogP contribution in [0.4, 0.5) is 17.1 Å². The lowest BCUT2D eigenvalue weighted by Crippen LogP contribution is -2.10. The van der Waals surface area contributed by atoms with Gasteiger partial charge in [-0.25, -0.2) is 0 Å². The van der Waals surface area contributed by atoms with Gasteiger partial charge in [0.25, 0.3) is 0 Å². The molecule has 0 saturated carbocycles. The summed E-state index contributed by atoms with van der Waals surface area (Å²) < 4.78 is 2.63. The van der Waals surface area contributed by atoms with E-state index in [0.29, 0.717) is 0 Å². The van der Waals surface area contributed by atoms with Crippen LogP contribution in [0, 0.1) is 0 Å². The molecule has 0 atom stereocenters. The number of hydrogen-bond donors (Lipinski definition) is 0. The minimum Gasteiger partial charge on any atom is -0.310 e. The molecule has 206 valence electrons. The summed E-state index contributed by atoms with van der Waals surface area (Å²) in [6.07, 6.45) is 0. The molecule has 0 N–H and O–H groups in total. The van der Waals surface area contributed by atoms with Crippen molar-refractivity contribution in [3.8, 4) is 11.1 Å². The highest BCUT2D eigenvalue weighted by atomic mass is 32.1. The maximum Gasteiger partial charge on any atom is 0.0468 e. The van der Waals surface area contributed by atoms with E-state index in [9.17, 15) is 0 Å². The number of benzene rings is 8. The molecule has 1 nitrogen and oxygen atoms in total. The van der Waals surface area contributed by atoms with Crippen molar-refractivity contribution in [3.63, 3.8) is 0 Å². The second kappa shape index (κ2) is 10.1. The molecule has 1 aromatic heterocycles. The quantitative estimate of drug-likeness (QED) is 0.188. The van der Waals surface area contributed by atoms with Gasteiger partial charge in [0, 0.05) is 37.2 Å². The van der Waals surface area contributed by atoms with Gasteiger partial charge in [0.05, 0.1) is 0 Å². The first-order valence-electron chi connectivity index (χ1n) is 15.0. The van der Waals surface area contributed by atoms with Gasteiger partial charge in [-0.05, 0) is 92.0 Å². The van der Waals surface area contributed by atoms with Gasteiger partial charge in [0.15, 0.2) is 0 Å². The zero-order valence-electron chi connectivity index (χ0n) is 23.9. The topological polar surface area (TPSA) is 3.24 Å². The van der Waals surface area contributed by atoms with Crippen molar-refractivity contribution in [2.24, 2.45) is 0 Å². The number of anilines is 3. The molecular weight excluding hydrogens is 551 g/mol. The number of rotatable bonds is 4. The SMILES string of the molecule is c1ccc(-c2cccc(N(c3ccc4sc5ccccc5c4c3)c3ccc4c5ccccc5c5ccccc5c4c3)c2)cc1. The van der Waals surface area contributed by atoms with Crippen molar-refractivity contribution in [3.05, 3.63) is 164 Å². The lowest BCUT2D eigenvalue weighted by molar-refractivity contribution is 1.30. The van der Waals surface area contributed by atoms with E-state index in [0.717, 1.165) is 17.1 Å². The third-order valence-electron chi connectivity index (χ3n) is 8.82. The van der Waals surface area contributed by atoms with Gasteiger partial charge < -0.3 is 4.90 Å². The van der Waals surface area contributed by atoms with Gasteiger partial charge in [-0.15, -0.1) is 11.3 Å². The van der Waals surface area contributed by atoms with Crippen LogP contribution >= 0.6 is 11.3 Å². The summed E-state index contributed by atoms with van der Waals surface area (Å²) >= 11 is 1.86. The normalized spacial score (nSPS) is 11.6. The van der Waals surface area contributed by atoms with E-state index in [-0.39, 0.29) is 0 Å². The second-order valence-corrected chi connectivity index (χ2v) is 12.4. The van der Waals surface area contributed by atoms with Crippen LogP contribution in [0.15, 0.2) is 164 Å². The first kappa shape index (κ1) is 25.1. The molecule has 0 bridgehead atoms. The molecule has 1 heterocycles. The summed E-state index contributed by atoms with van der Waals surface area (Å²) in [7, 11) is 0. The molecular formula is C42H27NS. The Kier molecular flexibility index (Phi) is 5.75. The van der Waals surface area contributed by atoms with Gasteiger partial charge in [0.2, 0.25) is 0 Å². The smallest absolute Gasteiger partial charge is 0.0468 e. The maximum atomic E-state index is 2.42. The van der Waals surface area contributed by atoms with E-state index in [1.165, 1.54) is 63.6 Å². The van der Waals surface area contributed by atoms with Crippen molar-refractivity contribution in [2.75, 3.05) is 4.90 Å². The highest BCUT2D eigenvalue weighted by Crippen LogP contribution is 2.43. The zero-order valence-corrected chi connectivity index (χ0v) is 24.8. The van der Waals surface area contributed by atoms with Crippen molar-refractivity contribution in [2.45, 2.75) is 0 Å². The molecule has 0 aliphatic heterocycles. The molecule has 0 aliphatic carbocycles. The Bertz CT molecular complexity index is 2470. The van der Waals surface area contributed by atoms with E-state index in [1.807, 2.05) is 11.3 Å². The summed E-state index contributed by atoms with van der Waals surface area (Å²) in [5.74, 6) is 0. The van der Waals surface area contributed by atoms with Gasteiger partial charge >= 0.3 is 0 Å².